The number of furan rings is 1. The highest BCUT2D eigenvalue weighted by Crippen LogP contribution is 2.21. The fraction of sp³-hybridized carbons (Fsp3) is 0.692. The summed E-state index contributed by atoms with van der Waals surface area (Å²) < 4.78 is 37.3. The molecule has 0 radical (unpaired) electrons. The largest absolute Gasteiger partial charge is 0.447 e. The molecule has 0 bridgehead atoms. The van der Waals surface area contributed by atoms with Crippen molar-refractivity contribution in [3.8, 4) is 0 Å². The summed E-state index contributed by atoms with van der Waals surface area (Å²) in [5.74, 6) is 0.605. The van der Waals surface area contributed by atoms with Gasteiger partial charge < -0.3 is 14.5 Å². The van der Waals surface area contributed by atoms with Crippen molar-refractivity contribution in [2.24, 2.45) is 0 Å². The Morgan fingerprint density at radius 3 is 2.80 bits per heavy atom. The first kappa shape index (κ1) is 15.5. The number of ether oxygens (including phenoxy) is 1. The maximum absolute atomic E-state index is 12.1. The number of methoxy groups -OCH3 is 1. The van der Waals surface area contributed by atoms with Crippen molar-refractivity contribution in [1.82, 2.24) is 10.0 Å². The Kier molecular flexibility index (Phi) is 5.59. The first-order valence-corrected chi connectivity index (χ1v) is 8.41. The minimum Gasteiger partial charge on any atom is -0.447 e. The number of rotatable bonds is 8. The van der Waals surface area contributed by atoms with Gasteiger partial charge >= 0.3 is 0 Å². The van der Waals surface area contributed by atoms with Crippen LogP contribution in [0.5, 0.6) is 0 Å². The van der Waals surface area contributed by atoms with Crippen molar-refractivity contribution >= 4 is 10.0 Å². The monoisotopic (exact) mass is 302 g/mol. The van der Waals surface area contributed by atoms with Crippen molar-refractivity contribution in [1.29, 1.82) is 0 Å². The highest BCUT2D eigenvalue weighted by Gasteiger charge is 2.25. The van der Waals surface area contributed by atoms with Crippen molar-refractivity contribution < 1.29 is 17.6 Å². The molecule has 2 N–H and O–H groups in total. The highest BCUT2D eigenvalue weighted by atomic mass is 32.2. The van der Waals surface area contributed by atoms with Gasteiger partial charge in [-0.15, -0.1) is 0 Å². The van der Waals surface area contributed by atoms with E-state index in [4.69, 9.17) is 9.15 Å². The van der Waals surface area contributed by atoms with E-state index in [0.29, 0.717) is 25.5 Å². The molecule has 0 unspecified atom stereocenters. The van der Waals surface area contributed by atoms with Gasteiger partial charge in [-0.25, -0.2) is 13.1 Å². The van der Waals surface area contributed by atoms with Crippen LogP contribution in [0.25, 0.3) is 0 Å². The number of hydrogen-bond acceptors (Lipinski definition) is 5. The van der Waals surface area contributed by atoms with Crippen LogP contribution in [-0.4, -0.2) is 34.7 Å². The lowest BCUT2D eigenvalue weighted by Crippen LogP contribution is -2.32. The minimum absolute atomic E-state index is 0.00654. The van der Waals surface area contributed by atoms with Crippen LogP contribution in [0.1, 0.15) is 31.4 Å². The van der Waals surface area contributed by atoms with E-state index in [-0.39, 0.29) is 11.1 Å². The van der Waals surface area contributed by atoms with Crippen LogP contribution in [0, 0.1) is 0 Å². The molecule has 1 aliphatic carbocycles. The first-order valence-electron chi connectivity index (χ1n) is 6.92. The van der Waals surface area contributed by atoms with E-state index in [1.807, 2.05) is 0 Å². The molecule has 1 aliphatic rings. The maximum atomic E-state index is 12.1. The second-order valence-corrected chi connectivity index (χ2v) is 6.64. The van der Waals surface area contributed by atoms with Gasteiger partial charge in [0, 0.05) is 19.7 Å². The van der Waals surface area contributed by atoms with Gasteiger partial charge in [-0.2, -0.15) is 0 Å². The lowest BCUT2D eigenvalue weighted by molar-refractivity contribution is 0.198. The summed E-state index contributed by atoms with van der Waals surface area (Å²) in [7, 11) is -1.89. The quantitative estimate of drug-likeness (QED) is 0.706. The van der Waals surface area contributed by atoms with Gasteiger partial charge in [0.15, 0.2) is 0 Å². The van der Waals surface area contributed by atoms with Crippen LogP contribution in [0.15, 0.2) is 21.6 Å². The van der Waals surface area contributed by atoms with Gasteiger partial charge in [-0.1, -0.05) is 12.8 Å². The summed E-state index contributed by atoms with van der Waals surface area (Å²) in [5, 5.41) is 3.10. The van der Waals surface area contributed by atoms with E-state index >= 15 is 0 Å². The molecule has 0 amide bonds. The Bertz CT molecular complexity index is 506. The van der Waals surface area contributed by atoms with Gasteiger partial charge in [-0.3, -0.25) is 0 Å². The van der Waals surface area contributed by atoms with Gasteiger partial charge in [0.2, 0.25) is 5.09 Å². The van der Waals surface area contributed by atoms with Crippen molar-refractivity contribution in [3.05, 3.63) is 17.9 Å². The third-order valence-electron chi connectivity index (χ3n) is 3.36. The summed E-state index contributed by atoms with van der Waals surface area (Å²) in [5.41, 5.74) is 0. The summed E-state index contributed by atoms with van der Waals surface area (Å²) in [6.07, 6.45) is 3.98. The van der Waals surface area contributed by atoms with Crippen LogP contribution in [0.2, 0.25) is 0 Å². The predicted octanol–water partition coefficient (Wildman–Crippen LogP) is 1.24. The summed E-state index contributed by atoms with van der Waals surface area (Å²) in [4.78, 5) is 0. The Labute approximate surface area is 119 Å². The predicted molar refractivity (Wildman–Crippen MR) is 74.9 cm³/mol. The lowest BCUT2D eigenvalue weighted by Gasteiger charge is -2.10. The van der Waals surface area contributed by atoms with Gasteiger partial charge in [0.1, 0.15) is 5.76 Å². The molecule has 1 aromatic rings. The molecule has 7 heteroatoms. The third-order valence-corrected chi connectivity index (χ3v) is 4.75. The maximum Gasteiger partial charge on any atom is 0.274 e. The van der Waals surface area contributed by atoms with Crippen LogP contribution in [-0.2, 0) is 21.3 Å². The summed E-state index contributed by atoms with van der Waals surface area (Å²) in [6.45, 7) is 1.79. The van der Waals surface area contributed by atoms with E-state index in [9.17, 15) is 8.42 Å². The summed E-state index contributed by atoms with van der Waals surface area (Å²) >= 11 is 0. The molecule has 0 spiro atoms. The van der Waals surface area contributed by atoms with Crippen molar-refractivity contribution in [3.63, 3.8) is 0 Å². The van der Waals surface area contributed by atoms with Crippen LogP contribution in [0.3, 0.4) is 0 Å². The Morgan fingerprint density at radius 1 is 1.35 bits per heavy atom. The minimum atomic E-state index is -3.53. The second-order valence-electron chi connectivity index (χ2n) is 4.99. The lowest BCUT2D eigenvalue weighted by atomic mass is 10.3. The molecule has 6 nitrogen and oxygen atoms in total. The normalized spacial score (nSPS) is 16.9. The van der Waals surface area contributed by atoms with Crippen molar-refractivity contribution in [2.75, 3.05) is 20.3 Å². The Balaban J connectivity index is 1.89. The standard InChI is InChI=1S/C13H22N2O4S/c1-18-9-8-14-10-12-6-7-13(19-12)20(16,17)15-11-4-2-3-5-11/h6-7,11,14-15H,2-5,8-10H2,1H3. The molecule has 1 heterocycles. The number of hydrogen-bond donors (Lipinski definition) is 2. The molecule has 0 aromatic carbocycles. The van der Waals surface area contributed by atoms with Crippen LogP contribution >= 0.6 is 0 Å². The Hall–Kier alpha value is -0.890. The topological polar surface area (TPSA) is 80.6 Å². The fourth-order valence-electron chi connectivity index (χ4n) is 2.30. The molecule has 0 saturated heterocycles. The number of nitrogens with one attached hydrogen (secondary N) is 2. The Morgan fingerprint density at radius 2 is 2.10 bits per heavy atom. The van der Waals surface area contributed by atoms with Gasteiger partial charge in [-0.05, 0) is 25.0 Å². The molecule has 0 aliphatic heterocycles. The first-order chi connectivity index (χ1) is 9.62. The van der Waals surface area contributed by atoms with Crippen LogP contribution < -0.4 is 10.0 Å². The zero-order valence-corrected chi connectivity index (χ0v) is 12.5. The summed E-state index contributed by atoms with van der Waals surface area (Å²) in [6, 6.07) is 3.24. The smallest absolute Gasteiger partial charge is 0.274 e. The van der Waals surface area contributed by atoms with E-state index < -0.39 is 10.0 Å². The van der Waals surface area contributed by atoms with Gasteiger partial charge in [0.25, 0.3) is 10.0 Å². The highest BCUT2D eigenvalue weighted by molar-refractivity contribution is 7.89. The van der Waals surface area contributed by atoms with E-state index in [0.717, 1.165) is 25.7 Å². The van der Waals surface area contributed by atoms with E-state index in [1.165, 1.54) is 6.07 Å². The molecular weight excluding hydrogens is 280 g/mol. The molecule has 0 atom stereocenters. The molecule has 1 aromatic heterocycles. The molecule has 114 valence electrons. The fourth-order valence-corrected chi connectivity index (χ4v) is 3.56. The second kappa shape index (κ2) is 7.21. The zero-order valence-electron chi connectivity index (χ0n) is 11.7. The molecule has 1 fully saturated rings. The van der Waals surface area contributed by atoms with Crippen LogP contribution in [0.4, 0.5) is 0 Å². The molecular formula is C13H22N2O4S. The number of sulfonamides is 1. The van der Waals surface area contributed by atoms with Gasteiger partial charge in [0.05, 0.1) is 13.2 Å². The molecule has 20 heavy (non-hydrogen) atoms. The average Bonchev–Trinajstić information content (AvgIpc) is 3.05. The van der Waals surface area contributed by atoms with E-state index in [2.05, 4.69) is 10.0 Å². The molecule has 2 rings (SSSR count). The molecule has 1 saturated carbocycles. The average molecular weight is 302 g/mol. The van der Waals surface area contributed by atoms with Crippen molar-refractivity contribution in [2.45, 2.75) is 43.4 Å². The third kappa shape index (κ3) is 4.31. The SMILES string of the molecule is COCCNCc1ccc(S(=O)(=O)NC2CCCC2)o1. The van der Waals surface area contributed by atoms with E-state index in [1.54, 1.807) is 13.2 Å². The zero-order chi connectivity index (χ0) is 14.4.